The minimum atomic E-state index is -0.530. The first kappa shape index (κ1) is 16.2. The van der Waals surface area contributed by atoms with Crippen LogP contribution in [0.1, 0.15) is 6.92 Å². The highest BCUT2D eigenvalue weighted by molar-refractivity contribution is 8.02. The number of carbonyl (C=O) groups excluding carboxylic acids is 1. The largest absolute Gasteiger partial charge is 0.363 e. The van der Waals surface area contributed by atoms with E-state index in [4.69, 9.17) is 0 Å². The summed E-state index contributed by atoms with van der Waals surface area (Å²) in [6.07, 6.45) is 0. The number of hydrogen-bond acceptors (Lipinski definition) is 8. The number of para-hydroxylation sites is 2. The Morgan fingerprint density at radius 1 is 1.41 bits per heavy atom. The van der Waals surface area contributed by atoms with E-state index in [1.807, 2.05) is 0 Å². The molecule has 0 spiro atoms. The zero-order valence-corrected chi connectivity index (χ0v) is 13.4. The summed E-state index contributed by atoms with van der Waals surface area (Å²) in [4.78, 5) is 22.5. The van der Waals surface area contributed by atoms with E-state index >= 15 is 0 Å². The summed E-state index contributed by atoms with van der Waals surface area (Å²) in [5.41, 5.74) is 0.0413. The second-order valence-electron chi connectivity index (χ2n) is 4.15. The molecule has 0 radical (unpaired) electrons. The minimum Gasteiger partial charge on any atom is -0.363 e. The number of nitrogens with one attached hydrogen (secondary N) is 2. The molecule has 8 nitrogen and oxygen atoms in total. The third kappa shape index (κ3) is 3.92. The van der Waals surface area contributed by atoms with E-state index in [0.29, 0.717) is 9.47 Å². The van der Waals surface area contributed by atoms with E-state index in [2.05, 4.69) is 20.8 Å². The van der Waals surface area contributed by atoms with E-state index < -0.39 is 10.2 Å². The van der Waals surface area contributed by atoms with Crippen molar-refractivity contribution in [3.05, 3.63) is 34.4 Å². The summed E-state index contributed by atoms with van der Waals surface area (Å²) in [5, 5.41) is 24.4. The van der Waals surface area contributed by atoms with Gasteiger partial charge in [-0.15, -0.1) is 10.2 Å². The molecule has 2 N–H and O–H groups in total. The predicted molar refractivity (Wildman–Crippen MR) is 86.5 cm³/mol. The Labute approximate surface area is 134 Å². The van der Waals surface area contributed by atoms with Crippen molar-refractivity contribution < 1.29 is 9.72 Å². The first-order valence-electron chi connectivity index (χ1n) is 6.23. The van der Waals surface area contributed by atoms with Gasteiger partial charge in [-0.2, -0.15) is 0 Å². The Kier molecular flexibility index (Phi) is 5.28. The average Bonchev–Trinajstić information content (AvgIpc) is 2.95. The lowest BCUT2D eigenvalue weighted by atomic mass is 10.2. The van der Waals surface area contributed by atoms with Crippen LogP contribution in [0.4, 0.5) is 16.5 Å². The molecule has 1 aromatic carbocycles. The molecule has 22 heavy (non-hydrogen) atoms. The van der Waals surface area contributed by atoms with Crippen molar-refractivity contribution in [2.24, 2.45) is 0 Å². The van der Waals surface area contributed by atoms with Crippen LogP contribution in [-0.2, 0) is 4.79 Å². The number of carbonyl (C=O) groups is 1. The summed E-state index contributed by atoms with van der Waals surface area (Å²) in [7, 11) is 1.74. The summed E-state index contributed by atoms with van der Waals surface area (Å²) < 4.78 is 0.648. The van der Waals surface area contributed by atoms with Gasteiger partial charge in [0, 0.05) is 13.1 Å². The van der Waals surface area contributed by atoms with Gasteiger partial charge in [0.25, 0.3) is 5.69 Å². The average molecular weight is 339 g/mol. The molecule has 0 aliphatic rings. The van der Waals surface area contributed by atoms with Crippen LogP contribution < -0.4 is 10.6 Å². The maximum Gasteiger partial charge on any atom is 0.292 e. The molecule has 0 unspecified atom stereocenters. The summed E-state index contributed by atoms with van der Waals surface area (Å²) in [6, 6.07) is 6.02. The number of nitro groups is 1. The number of thioether (sulfide) groups is 1. The van der Waals surface area contributed by atoms with Crippen LogP contribution in [0.15, 0.2) is 28.6 Å². The van der Waals surface area contributed by atoms with Crippen molar-refractivity contribution in [2.45, 2.75) is 16.5 Å². The summed E-state index contributed by atoms with van der Waals surface area (Å²) in [6.45, 7) is 1.70. The van der Waals surface area contributed by atoms with Crippen LogP contribution in [0.2, 0.25) is 0 Å². The molecule has 0 fully saturated rings. The molecular formula is C12H13N5O3S2. The molecule has 1 atom stereocenters. The number of anilines is 2. The van der Waals surface area contributed by atoms with Crippen molar-refractivity contribution in [2.75, 3.05) is 17.7 Å². The number of amides is 1. The molecule has 116 valence electrons. The maximum atomic E-state index is 12.2. The number of nitro benzene ring substituents is 1. The Balaban J connectivity index is 2.04. The number of benzene rings is 1. The van der Waals surface area contributed by atoms with Crippen LogP contribution in [0.25, 0.3) is 0 Å². The number of nitrogens with zero attached hydrogens (tertiary/aromatic N) is 3. The zero-order valence-electron chi connectivity index (χ0n) is 11.8. The molecule has 1 amide bonds. The van der Waals surface area contributed by atoms with Crippen LogP contribution in [0.5, 0.6) is 0 Å². The number of aromatic nitrogens is 2. The topological polar surface area (TPSA) is 110 Å². The fraction of sp³-hybridized carbons (Fsp3) is 0.250. The van der Waals surface area contributed by atoms with Gasteiger partial charge in [-0.25, -0.2) is 0 Å². The Bertz CT molecular complexity index is 691. The highest BCUT2D eigenvalue weighted by atomic mass is 32.2. The Morgan fingerprint density at radius 2 is 2.14 bits per heavy atom. The van der Waals surface area contributed by atoms with Gasteiger partial charge in [0.2, 0.25) is 11.0 Å². The van der Waals surface area contributed by atoms with Crippen molar-refractivity contribution >= 4 is 45.5 Å². The van der Waals surface area contributed by atoms with Crippen LogP contribution >= 0.6 is 23.1 Å². The summed E-state index contributed by atoms with van der Waals surface area (Å²) >= 11 is 2.58. The molecule has 1 heterocycles. The smallest absolute Gasteiger partial charge is 0.292 e. The van der Waals surface area contributed by atoms with Gasteiger partial charge >= 0.3 is 0 Å². The summed E-state index contributed by atoms with van der Waals surface area (Å²) in [5.74, 6) is -0.333. The maximum absolute atomic E-state index is 12.2. The van der Waals surface area contributed by atoms with E-state index in [0.717, 1.165) is 0 Å². The SMILES string of the molecule is CNc1nnc(S[C@@H](C)C(=O)Nc2ccccc2[N+](=O)[O-])s1. The van der Waals surface area contributed by atoms with Gasteiger partial charge in [-0.05, 0) is 13.0 Å². The van der Waals surface area contributed by atoms with Gasteiger partial charge in [0.05, 0.1) is 10.2 Å². The lowest BCUT2D eigenvalue weighted by Gasteiger charge is -2.10. The van der Waals surface area contributed by atoms with E-state index in [1.165, 1.54) is 35.2 Å². The van der Waals surface area contributed by atoms with Crippen molar-refractivity contribution in [1.82, 2.24) is 10.2 Å². The van der Waals surface area contributed by atoms with Gasteiger partial charge in [0.15, 0.2) is 4.34 Å². The molecule has 0 aliphatic carbocycles. The van der Waals surface area contributed by atoms with Gasteiger partial charge in [0.1, 0.15) is 5.69 Å². The molecule has 0 saturated carbocycles. The molecule has 10 heteroatoms. The molecule has 2 aromatic rings. The fourth-order valence-corrected chi connectivity index (χ4v) is 3.39. The second-order valence-corrected chi connectivity index (χ2v) is 6.71. The van der Waals surface area contributed by atoms with Crippen molar-refractivity contribution in [1.29, 1.82) is 0 Å². The third-order valence-corrected chi connectivity index (χ3v) is 4.75. The molecular weight excluding hydrogens is 326 g/mol. The van der Waals surface area contributed by atoms with Gasteiger partial charge in [-0.1, -0.05) is 35.2 Å². The third-order valence-electron chi connectivity index (χ3n) is 2.63. The monoisotopic (exact) mass is 339 g/mol. The molecule has 0 saturated heterocycles. The molecule has 0 aliphatic heterocycles. The number of rotatable bonds is 6. The molecule has 0 bridgehead atoms. The zero-order chi connectivity index (χ0) is 16.1. The van der Waals surface area contributed by atoms with Crippen molar-refractivity contribution in [3.8, 4) is 0 Å². The fourth-order valence-electron chi connectivity index (χ4n) is 1.54. The Hall–Kier alpha value is -2.20. The first-order valence-corrected chi connectivity index (χ1v) is 7.93. The Morgan fingerprint density at radius 3 is 2.77 bits per heavy atom. The van der Waals surface area contributed by atoms with Crippen molar-refractivity contribution in [3.63, 3.8) is 0 Å². The van der Waals surface area contributed by atoms with E-state index in [9.17, 15) is 14.9 Å². The normalized spacial score (nSPS) is 11.7. The highest BCUT2D eigenvalue weighted by Gasteiger charge is 2.20. The standard InChI is InChI=1S/C12H13N5O3S2/c1-7(21-12-16-15-11(13-2)22-12)10(18)14-8-5-3-4-6-9(8)17(19)20/h3-7H,1-2H3,(H,13,15)(H,14,18)/t7-/m0/s1. The predicted octanol–water partition coefficient (Wildman–Crippen LogP) is 2.61. The van der Waals surface area contributed by atoms with Gasteiger partial charge < -0.3 is 10.6 Å². The number of hydrogen-bond donors (Lipinski definition) is 2. The lowest BCUT2D eigenvalue weighted by molar-refractivity contribution is -0.383. The van der Waals surface area contributed by atoms with Crippen LogP contribution in [-0.4, -0.2) is 33.3 Å². The quantitative estimate of drug-likeness (QED) is 0.473. The lowest BCUT2D eigenvalue weighted by Crippen LogP contribution is -2.22. The van der Waals surface area contributed by atoms with E-state index in [1.54, 1.807) is 26.1 Å². The van der Waals surface area contributed by atoms with Crippen LogP contribution in [0, 0.1) is 10.1 Å². The van der Waals surface area contributed by atoms with E-state index in [-0.39, 0.29) is 17.3 Å². The molecule has 2 rings (SSSR count). The molecule has 1 aromatic heterocycles. The minimum absolute atomic E-state index is 0.138. The first-order chi connectivity index (χ1) is 10.5. The van der Waals surface area contributed by atoms with Gasteiger partial charge in [-0.3, -0.25) is 14.9 Å². The van der Waals surface area contributed by atoms with Crippen LogP contribution in [0.3, 0.4) is 0 Å². The highest BCUT2D eigenvalue weighted by Crippen LogP contribution is 2.30. The second kappa shape index (κ2) is 7.18.